The number of rotatable bonds is 4. The monoisotopic (exact) mass is 318 g/mol. The van der Waals surface area contributed by atoms with Gasteiger partial charge in [-0.15, -0.1) is 0 Å². The molecule has 1 fully saturated rings. The third kappa shape index (κ3) is 4.57. The highest BCUT2D eigenvalue weighted by Crippen LogP contribution is 2.17. The van der Waals surface area contributed by atoms with Crippen LogP contribution in [0.5, 0.6) is 0 Å². The lowest BCUT2D eigenvalue weighted by atomic mass is 10.1. The lowest BCUT2D eigenvalue weighted by Crippen LogP contribution is -2.29. The molecule has 78 valence electrons. The zero-order valence-electron chi connectivity index (χ0n) is 7.66. The van der Waals surface area contributed by atoms with Gasteiger partial charge in [0.1, 0.15) is 0 Å². The highest BCUT2D eigenvalue weighted by molar-refractivity contribution is 14.2. The molecule has 0 saturated carbocycles. The number of hydrogen-bond donors (Lipinski definition) is 1. The first kappa shape index (κ1) is 11.7. The van der Waals surface area contributed by atoms with Crippen LogP contribution in [-0.2, 0) is 7.19 Å². The Morgan fingerprint density at radius 3 is 2.77 bits per heavy atom. The van der Waals surface area contributed by atoms with Crippen molar-refractivity contribution in [2.24, 2.45) is 0 Å². The van der Waals surface area contributed by atoms with E-state index >= 15 is 0 Å². The summed E-state index contributed by atoms with van der Waals surface area (Å²) >= 11 is 1.42. The van der Waals surface area contributed by atoms with Crippen molar-refractivity contribution in [1.29, 1.82) is 0 Å². The van der Waals surface area contributed by atoms with Gasteiger partial charge < -0.3 is 4.90 Å². The fourth-order valence-corrected chi connectivity index (χ4v) is 2.71. The molecule has 1 aliphatic heterocycles. The molecule has 0 aromatic heterocycles. The second-order valence-electron chi connectivity index (χ2n) is 3.40. The minimum atomic E-state index is -3.03. The van der Waals surface area contributed by atoms with Gasteiger partial charge in [0.2, 0.25) is 0 Å². The van der Waals surface area contributed by atoms with E-state index < -0.39 is 7.19 Å². The molecule has 0 amide bonds. The third-order valence-electron chi connectivity index (χ3n) is 2.42. The second kappa shape index (κ2) is 4.90. The number of halogens is 1. The average molecular weight is 318 g/mol. The first-order valence-electron chi connectivity index (χ1n) is 4.38. The Morgan fingerprint density at radius 2 is 2.31 bits per heavy atom. The van der Waals surface area contributed by atoms with Gasteiger partial charge in [-0.3, -0.25) is 0 Å². The van der Waals surface area contributed by atoms with Crippen molar-refractivity contribution in [3.8, 4) is 0 Å². The van der Waals surface area contributed by atoms with Gasteiger partial charge in [-0.2, -0.15) is 0 Å². The molecular weight excluding hydrogens is 303 g/mol. The molecule has 1 rings (SSSR count). The fourth-order valence-electron chi connectivity index (χ4n) is 1.69. The zero-order chi connectivity index (χ0) is 9.90. The first-order valence-corrected chi connectivity index (χ1v) is 8.41. The van der Waals surface area contributed by atoms with Crippen LogP contribution >= 0.6 is 21.2 Å². The minimum absolute atomic E-state index is 0.556. The van der Waals surface area contributed by atoms with Gasteiger partial charge in [-0.25, -0.2) is 13.1 Å². The van der Waals surface area contributed by atoms with Crippen LogP contribution in [0.2, 0.25) is 0 Å². The molecule has 1 saturated heterocycles. The molecule has 0 radical (unpaired) electrons. The van der Waals surface area contributed by atoms with E-state index in [-0.39, 0.29) is 0 Å². The summed E-state index contributed by atoms with van der Waals surface area (Å²) < 4.78 is 24.0. The molecule has 4 nitrogen and oxygen atoms in total. The van der Waals surface area contributed by atoms with Crippen LogP contribution in [0, 0.1) is 0 Å². The van der Waals surface area contributed by atoms with Crippen molar-refractivity contribution in [2.75, 3.05) is 20.1 Å². The normalized spacial score (nSPS) is 25.2. The Labute approximate surface area is 91.7 Å². The highest BCUT2D eigenvalue weighted by Gasteiger charge is 2.20. The smallest absolute Gasteiger partial charge is 0.265 e. The predicted octanol–water partition coefficient (Wildman–Crippen LogP) is 0.740. The van der Waals surface area contributed by atoms with Gasteiger partial charge in [0.15, 0.2) is 0 Å². The summed E-state index contributed by atoms with van der Waals surface area (Å²) in [6.45, 7) is 1.70. The fraction of sp³-hybridized carbons (Fsp3) is 1.00. The van der Waals surface area contributed by atoms with E-state index in [4.69, 9.17) is 0 Å². The van der Waals surface area contributed by atoms with E-state index in [1.807, 2.05) is 0 Å². The van der Waals surface area contributed by atoms with E-state index in [0.717, 1.165) is 13.0 Å². The predicted molar refractivity (Wildman–Crippen MR) is 61.2 cm³/mol. The van der Waals surface area contributed by atoms with Gasteiger partial charge in [0, 0.05) is 12.6 Å². The molecular formula is C7H15IN2O2S. The Bertz CT molecular complexity index is 255. The molecule has 0 aromatic rings. The van der Waals surface area contributed by atoms with E-state index in [1.54, 1.807) is 0 Å². The van der Waals surface area contributed by atoms with Crippen LogP contribution in [0.1, 0.15) is 19.3 Å². The molecule has 1 atom stereocenters. The van der Waals surface area contributed by atoms with Crippen LogP contribution in [-0.4, -0.2) is 39.5 Å². The van der Waals surface area contributed by atoms with Crippen molar-refractivity contribution in [2.45, 2.75) is 25.3 Å². The first-order chi connectivity index (χ1) is 5.99. The van der Waals surface area contributed by atoms with Crippen LogP contribution in [0.15, 0.2) is 0 Å². The summed E-state index contributed by atoms with van der Waals surface area (Å²) in [6.07, 6.45) is 3.34. The molecule has 0 bridgehead atoms. The maximum absolute atomic E-state index is 10.7. The number of nitrogens with zero attached hydrogens (tertiary/aromatic N) is 1. The molecule has 0 spiro atoms. The summed E-state index contributed by atoms with van der Waals surface area (Å²) in [5.41, 5.74) is 0. The van der Waals surface area contributed by atoms with E-state index in [9.17, 15) is 8.42 Å². The van der Waals surface area contributed by atoms with E-state index in [1.165, 1.54) is 34.0 Å². The number of likely N-dealkylation sites (tertiary alicyclic amines) is 1. The largest absolute Gasteiger partial charge is 0.303 e. The Morgan fingerprint density at radius 1 is 1.62 bits per heavy atom. The molecule has 1 unspecified atom stereocenters. The molecule has 13 heavy (non-hydrogen) atoms. The van der Waals surface area contributed by atoms with Crippen molar-refractivity contribution >= 4 is 28.4 Å². The Balaban J connectivity index is 2.19. The summed E-state index contributed by atoms with van der Waals surface area (Å²) in [7, 11) is -0.938. The van der Waals surface area contributed by atoms with E-state index in [0.29, 0.717) is 12.6 Å². The van der Waals surface area contributed by atoms with Crippen LogP contribution in [0.3, 0.4) is 0 Å². The standard InChI is InChI=1S/C7H15IN2O2S/c1-10-6-2-3-7(10)4-5-9-13(8,11)12/h7,9H,2-6H2,1H3. The van der Waals surface area contributed by atoms with Gasteiger partial charge in [-0.1, -0.05) is 0 Å². The molecule has 0 aliphatic carbocycles. The third-order valence-corrected chi connectivity index (χ3v) is 3.91. The molecule has 1 N–H and O–H groups in total. The summed E-state index contributed by atoms with van der Waals surface area (Å²) in [5, 5.41) is 0. The molecule has 1 aliphatic rings. The molecule has 6 heteroatoms. The summed E-state index contributed by atoms with van der Waals surface area (Å²) in [5.74, 6) is 0. The van der Waals surface area contributed by atoms with Gasteiger partial charge >= 0.3 is 0 Å². The molecule has 1 heterocycles. The summed E-state index contributed by atoms with van der Waals surface area (Å²) in [4.78, 5) is 2.29. The quantitative estimate of drug-likeness (QED) is 0.614. The maximum atomic E-state index is 10.7. The van der Waals surface area contributed by atoms with E-state index in [2.05, 4.69) is 16.7 Å². The van der Waals surface area contributed by atoms with Crippen molar-refractivity contribution < 1.29 is 8.42 Å². The Hall–Kier alpha value is 0.600. The van der Waals surface area contributed by atoms with Crippen LogP contribution in [0.25, 0.3) is 0 Å². The van der Waals surface area contributed by atoms with Gasteiger partial charge in [0.25, 0.3) is 7.19 Å². The zero-order valence-corrected chi connectivity index (χ0v) is 10.6. The lowest BCUT2D eigenvalue weighted by molar-refractivity contribution is 0.297. The van der Waals surface area contributed by atoms with Crippen molar-refractivity contribution in [3.05, 3.63) is 0 Å². The minimum Gasteiger partial charge on any atom is -0.303 e. The van der Waals surface area contributed by atoms with Crippen molar-refractivity contribution in [3.63, 3.8) is 0 Å². The number of nitrogens with one attached hydrogen (secondary N) is 1. The summed E-state index contributed by atoms with van der Waals surface area (Å²) in [6, 6.07) is 0.561. The van der Waals surface area contributed by atoms with Crippen LogP contribution < -0.4 is 4.72 Å². The lowest BCUT2D eigenvalue weighted by Gasteiger charge is -2.18. The SMILES string of the molecule is CN1CCCC1CCNS(=O)(=O)I. The van der Waals surface area contributed by atoms with Crippen LogP contribution in [0.4, 0.5) is 0 Å². The van der Waals surface area contributed by atoms with Gasteiger partial charge in [0.05, 0.1) is 21.2 Å². The average Bonchev–Trinajstić information content (AvgIpc) is 2.34. The van der Waals surface area contributed by atoms with Crippen molar-refractivity contribution in [1.82, 2.24) is 9.62 Å². The highest BCUT2D eigenvalue weighted by atomic mass is 127. The Kier molecular flexibility index (Phi) is 4.40. The number of hydrogen-bond acceptors (Lipinski definition) is 3. The molecule has 0 aromatic carbocycles. The second-order valence-corrected chi connectivity index (χ2v) is 8.04. The maximum Gasteiger partial charge on any atom is 0.265 e. The topological polar surface area (TPSA) is 49.4 Å². The van der Waals surface area contributed by atoms with Gasteiger partial charge in [-0.05, 0) is 32.9 Å².